The van der Waals surface area contributed by atoms with E-state index in [0.29, 0.717) is 0 Å². The number of morpholine rings is 2. The number of hydrogen-bond donors (Lipinski definition) is 0. The zero-order chi connectivity index (χ0) is 20.6. The molecule has 156 valence electrons. The van der Waals surface area contributed by atoms with Gasteiger partial charge in [-0.3, -0.25) is 0 Å². The molecule has 0 N–H and O–H groups in total. The summed E-state index contributed by atoms with van der Waals surface area (Å²) in [6.45, 7) is 13.6. The molecule has 2 fully saturated rings. The van der Waals surface area contributed by atoms with Crippen LogP contribution in [-0.2, 0) is 9.47 Å². The number of rotatable bonds is 3. The van der Waals surface area contributed by atoms with Gasteiger partial charge in [-0.1, -0.05) is 12.6 Å². The second kappa shape index (κ2) is 8.10. The summed E-state index contributed by atoms with van der Waals surface area (Å²) in [5.41, 5.74) is 4.86. The Hall–Kier alpha value is -2.28. The van der Waals surface area contributed by atoms with Crippen LogP contribution in [0, 0.1) is 0 Å². The second-order valence-corrected chi connectivity index (χ2v) is 12.7. The molecule has 0 aromatic heterocycles. The van der Waals surface area contributed by atoms with Crippen molar-refractivity contribution in [3.05, 3.63) is 54.3 Å². The molecule has 3 aliphatic heterocycles. The van der Waals surface area contributed by atoms with Crippen LogP contribution in [0.4, 0.5) is 11.4 Å². The molecule has 1 atom stereocenters. The molecular weight excluding hydrogens is 390 g/mol. The smallest absolute Gasteiger partial charge is 0.200 e. The van der Waals surface area contributed by atoms with Crippen LogP contribution in [0.5, 0.6) is 0 Å². The SMILES string of the molecule is C=CC[Si]1(C)C2=CC(=[N+]3CCOCC3)C=CC2=Nc2ccc(N3CCOCC3)cc21. The Labute approximate surface area is 179 Å². The summed E-state index contributed by atoms with van der Waals surface area (Å²) in [4.78, 5) is 7.51. The number of benzene rings is 1. The van der Waals surface area contributed by atoms with Crippen LogP contribution in [0.2, 0.25) is 12.6 Å². The first kappa shape index (κ1) is 19.7. The molecule has 0 spiro atoms. The fourth-order valence-corrected chi connectivity index (χ4v) is 8.60. The Bertz CT molecular complexity index is 980. The van der Waals surface area contributed by atoms with Crippen molar-refractivity contribution in [2.45, 2.75) is 12.6 Å². The maximum atomic E-state index is 5.55. The molecule has 6 heteroatoms. The van der Waals surface area contributed by atoms with Crippen LogP contribution in [0.3, 0.4) is 0 Å². The number of nitrogens with zero attached hydrogens (tertiary/aromatic N) is 3. The van der Waals surface area contributed by atoms with E-state index >= 15 is 0 Å². The Morgan fingerprint density at radius 3 is 2.67 bits per heavy atom. The third kappa shape index (κ3) is 3.43. The van der Waals surface area contributed by atoms with Crippen LogP contribution in [0.1, 0.15) is 0 Å². The molecule has 3 heterocycles. The predicted molar refractivity (Wildman–Crippen MR) is 126 cm³/mol. The standard InChI is InChI=1S/C24H30N3O2Si/c1-3-16-30(2)23-17-19(26-8-12-28-13-9-26)4-6-21(23)25-22-7-5-20(18-24(22)30)27-10-14-29-15-11-27/h3-7,17-18H,1,8-16H2,2H3/q+1. The predicted octanol–water partition coefficient (Wildman–Crippen LogP) is 2.60. The van der Waals surface area contributed by atoms with Crippen molar-refractivity contribution in [1.82, 2.24) is 0 Å². The first-order valence-corrected chi connectivity index (χ1v) is 13.7. The third-order valence-electron chi connectivity index (χ3n) is 6.70. The van der Waals surface area contributed by atoms with Crippen molar-refractivity contribution < 1.29 is 14.0 Å². The summed E-state index contributed by atoms with van der Waals surface area (Å²) in [5.74, 6) is 0. The lowest BCUT2D eigenvalue weighted by molar-refractivity contribution is -0.547. The van der Waals surface area contributed by atoms with Gasteiger partial charge in [0, 0.05) is 30.9 Å². The highest BCUT2D eigenvalue weighted by Gasteiger charge is 2.41. The topological polar surface area (TPSA) is 37.1 Å². The van der Waals surface area contributed by atoms with Crippen LogP contribution in [-0.4, -0.2) is 76.7 Å². The molecule has 1 aromatic carbocycles. The van der Waals surface area contributed by atoms with Gasteiger partial charge >= 0.3 is 0 Å². The van der Waals surface area contributed by atoms with E-state index in [-0.39, 0.29) is 0 Å². The van der Waals surface area contributed by atoms with Crippen LogP contribution in [0.25, 0.3) is 0 Å². The van der Waals surface area contributed by atoms with E-state index in [1.165, 1.54) is 21.8 Å². The highest BCUT2D eigenvalue weighted by molar-refractivity contribution is 7.02. The number of allylic oxidation sites excluding steroid dienone is 5. The van der Waals surface area contributed by atoms with Crippen molar-refractivity contribution in [3.8, 4) is 0 Å². The van der Waals surface area contributed by atoms with E-state index in [1.54, 1.807) is 0 Å². The molecule has 0 bridgehead atoms. The van der Waals surface area contributed by atoms with E-state index in [9.17, 15) is 0 Å². The van der Waals surface area contributed by atoms with Gasteiger partial charge in [0.15, 0.2) is 18.8 Å². The Morgan fingerprint density at radius 1 is 1.13 bits per heavy atom. The van der Waals surface area contributed by atoms with Crippen molar-refractivity contribution in [2.24, 2.45) is 4.99 Å². The molecule has 0 saturated carbocycles. The average Bonchev–Trinajstić information content (AvgIpc) is 2.80. The Balaban J connectivity index is 1.60. The molecule has 5 rings (SSSR count). The van der Waals surface area contributed by atoms with E-state index < -0.39 is 8.07 Å². The fraction of sp³-hybridized carbons (Fsp3) is 0.417. The number of aliphatic imine (C=N–C) groups is 1. The molecule has 0 radical (unpaired) electrons. The van der Waals surface area contributed by atoms with Gasteiger partial charge in [-0.2, -0.15) is 0 Å². The summed E-state index contributed by atoms with van der Waals surface area (Å²) in [5, 5.41) is 2.86. The monoisotopic (exact) mass is 420 g/mol. The van der Waals surface area contributed by atoms with Gasteiger partial charge in [0.2, 0.25) is 0 Å². The molecule has 5 nitrogen and oxygen atoms in total. The molecule has 30 heavy (non-hydrogen) atoms. The molecule has 4 aliphatic rings. The quantitative estimate of drug-likeness (QED) is 0.326. The highest BCUT2D eigenvalue weighted by Crippen LogP contribution is 2.35. The van der Waals surface area contributed by atoms with Crippen LogP contribution < -0.4 is 10.1 Å². The fourth-order valence-electron chi connectivity index (χ4n) is 4.95. The average molecular weight is 421 g/mol. The van der Waals surface area contributed by atoms with Crippen LogP contribution in [0.15, 0.2) is 59.3 Å². The highest BCUT2D eigenvalue weighted by atomic mass is 28.3. The van der Waals surface area contributed by atoms with E-state index in [2.05, 4.69) is 65.1 Å². The normalized spacial score (nSPS) is 26.0. The third-order valence-corrected chi connectivity index (χ3v) is 11.0. The Morgan fingerprint density at radius 2 is 1.90 bits per heavy atom. The minimum atomic E-state index is -2.00. The first-order valence-electron chi connectivity index (χ1n) is 11.0. The number of ether oxygens (including phenoxy) is 2. The van der Waals surface area contributed by atoms with Gasteiger partial charge < -0.3 is 14.4 Å². The number of anilines is 1. The largest absolute Gasteiger partial charge is 0.378 e. The zero-order valence-corrected chi connectivity index (χ0v) is 18.8. The minimum absolute atomic E-state index is 0.800. The van der Waals surface area contributed by atoms with E-state index in [0.717, 1.165) is 70.0 Å². The molecular formula is C24H30N3O2Si+. The molecule has 1 unspecified atom stereocenters. The second-order valence-electron chi connectivity index (χ2n) is 8.54. The first-order chi connectivity index (χ1) is 14.7. The van der Waals surface area contributed by atoms with E-state index in [1.807, 2.05) is 0 Å². The maximum absolute atomic E-state index is 5.55. The summed E-state index contributed by atoms with van der Waals surface area (Å²) < 4.78 is 13.5. The molecule has 1 aromatic rings. The van der Waals surface area contributed by atoms with Gasteiger partial charge in [-0.25, -0.2) is 9.57 Å². The van der Waals surface area contributed by atoms with Gasteiger partial charge in [0.25, 0.3) is 0 Å². The van der Waals surface area contributed by atoms with Crippen molar-refractivity contribution in [3.63, 3.8) is 0 Å². The van der Waals surface area contributed by atoms with Gasteiger partial charge in [0.1, 0.15) is 21.3 Å². The van der Waals surface area contributed by atoms with Gasteiger partial charge in [-0.15, -0.1) is 6.58 Å². The number of hydrogen-bond acceptors (Lipinski definition) is 4. The Kier molecular flexibility index (Phi) is 5.31. The summed E-state index contributed by atoms with van der Waals surface area (Å²) in [6.07, 6.45) is 8.95. The zero-order valence-electron chi connectivity index (χ0n) is 17.8. The summed E-state index contributed by atoms with van der Waals surface area (Å²) in [6, 6.07) is 7.86. The molecule has 1 aliphatic carbocycles. The van der Waals surface area contributed by atoms with Gasteiger partial charge in [0.05, 0.1) is 24.6 Å². The molecule has 2 saturated heterocycles. The van der Waals surface area contributed by atoms with Crippen molar-refractivity contribution >= 4 is 36.1 Å². The van der Waals surface area contributed by atoms with E-state index in [4.69, 9.17) is 14.5 Å². The maximum Gasteiger partial charge on any atom is 0.200 e. The van der Waals surface area contributed by atoms with Crippen molar-refractivity contribution in [2.75, 3.05) is 57.5 Å². The lowest BCUT2D eigenvalue weighted by Crippen LogP contribution is -2.52. The molecule has 0 amide bonds. The van der Waals surface area contributed by atoms with Gasteiger partial charge in [-0.05, 0) is 40.7 Å². The lowest BCUT2D eigenvalue weighted by atomic mass is 10.1. The minimum Gasteiger partial charge on any atom is -0.378 e. The lowest BCUT2D eigenvalue weighted by Gasteiger charge is -2.37. The van der Waals surface area contributed by atoms with Crippen LogP contribution >= 0.6 is 0 Å². The van der Waals surface area contributed by atoms with Crippen molar-refractivity contribution in [1.29, 1.82) is 0 Å². The summed E-state index contributed by atoms with van der Waals surface area (Å²) in [7, 11) is -2.00. The number of fused-ring (bicyclic) bond motifs is 2. The summed E-state index contributed by atoms with van der Waals surface area (Å²) >= 11 is 0.